The molecule has 0 unspecified atom stereocenters. The fraction of sp³-hybridized carbons (Fsp3) is 0.167. The normalized spacial score (nSPS) is 15.4. The van der Waals surface area contributed by atoms with E-state index in [1.165, 1.54) is 6.20 Å². The lowest BCUT2D eigenvalue weighted by Gasteiger charge is -1.97. The third-order valence-corrected chi connectivity index (χ3v) is 1.42. The van der Waals surface area contributed by atoms with E-state index in [0.717, 1.165) is 0 Å². The van der Waals surface area contributed by atoms with Crippen molar-refractivity contribution in [1.82, 2.24) is 4.98 Å². The van der Waals surface area contributed by atoms with Crippen LogP contribution in [0.5, 0.6) is 5.88 Å². The van der Waals surface area contributed by atoms with Crippen LogP contribution in [0.25, 0.3) is 0 Å². The van der Waals surface area contributed by atoms with Crippen molar-refractivity contribution in [2.45, 2.75) is 0 Å². The van der Waals surface area contributed by atoms with E-state index in [-0.39, 0.29) is 5.88 Å². The van der Waals surface area contributed by atoms with Gasteiger partial charge in [0.2, 0.25) is 5.88 Å². The second-order valence-corrected chi connectivity index (χ2v) is 2.25. The van der Waals surface area contributed by atoms with Crippen molar-refractivity contribution in [3.63, 3.8) is 0 Å². The first kappa shape index (κ1) is 3.56. The van der Waals surface area contributed by atoms with Gasteiger partial charge in [-0.25, -0.2) is 4.98 Å². The van der Waals surface area contributed by atoms with Gasteiger partial charge in [0.25, 0.3) is 0 Å². The van der Waals surface area contributed by atoms with E-state index >= 15 is 0 Å². The van der Waals surface area contributed by atoms with Gasteiger partial charge in [0.05, 0.1) is 15.6 Å². The zero-order valence-electron chi connectivity index (χ0n) is 7.47. The summed E-state index contributed by atoms with van der Waals surface area (Å²) in [6.45, 7) is 0. The molecule has 0 aromatic carbocycles. The van der Waals surface area contributed by atoms with Crippen molar-refractivity contribution < 1.29 is 8.85 Å². The Balaban J connectivity index is 2.83. The Bertz CT molecular complexity index is 276. The van der Waals surface area contributed by atoms with Crippen molar-refractivity contribution in [2.24, 2.45) is 0 Å². The Kier molecular flexibility index (Phi) is 1.12. The molecule has 0 amide bonds. The highest BCUT2D eigenvalue weighted by Gasteiger charge is 1.95. The third kappa shape index (κ3) is 1.42. The van der Waals surface area contributed by atoms with E-state index in [1.807, 2.05) is 0 Å². The number of hydrogen-bond donors (Lipinski definition) is 0. The van der Waals surface area contributed by atoms with Crippen LogP contribution in [0, 0.1) is 0 Å². The van der Waals surface area contributed by atoms with Gasteiger partial charge in [-0.3, -0.25) is 0 Å². The molecule has 1 heterocycles. The van der Waals surface area contributed by atoms with E-state index in [0.29, 0.717) is 4.47 Å². The zero-order valence-corrected chi connectivity index (χ0v) is 6.05. The van der Waals surface area contributed by atoms with Crippen molar-refractivity contribution in [1.29, 1.82) is 0 Å². The third-order valence-electron chi connectivity index (χ3n) is 0.821. The second kappa shape index (κ2) is 2.82. The highest BCUT2D eigenvalue weighted by molar-refractivity contribution is 9.10. The number of aromatic nitrogens is 1. The smallest absolute Gasteiger partial charge is 0.227 e. The zero-order chi connectivity index (χ0) is 9.19. The predicted octanol–water partition coefficient (Wildman–Crippen LogP) is 1.85. The van der Waals surface area contributed by atoms with Crippen LogP contribution >= 0.6 is 15.9 Å². The van der Waals surface area contributed by atoms with Gasteiger partial charge in [-0.05, 0) is 28.1 Å². The summed E-state index contributed by atoms with van der Waals surface area (Å²) in [5.74, 6) is 0.0810. The van der Waals surface area contributed by atoms with Crippen LogP contribution in [0.1, 0.15) is 4.11 Å². The van der Waals surface area contributed by atoms with Crippen molar-refractivity contribution >= 4 is 15.9 Å². The number of rotatable bonds is 1. The Morgan fingerprint density at radius 1 is 1.89 bits per heavy atom. The summed E-state index contributed by atoms with van der Waals surface area (Å²) < 4.78 is 25.6. The molecule has 0 saturated heterocycles. The molecule has 1 rings (SSSR count). The van der Waals surface area contributed by atoms with Gasteiger partial charge in [0, 0.05) is 6.20 Å². The summed E-state index contributed by atoms with van der Waals surface area (Å²) in [4.78, 5) is 3.73. The highest BCUT2D eigenvalue weighted by atomic mass is 79.9. The average molecular weight is 191 g/mol. The molecule has 0 atom stereocenters. The maximum Gasteiger partial charge on any atom is 0.227 e. The van der Waals surface area contributed by atoms with Crippen LogP contribution in [0.2, 0.25) is 0 Å². The van der Waals surface area contributed by atoms with Gasteiger partial charge in [0.15, 0.2) is 0 Å². The Labute approximate surface area is 66.2 Å². The standard InChI is InChI=1S/C6H6BrNO/c1-9-6-5(7)3-2-4-8-6/h2-4H,1H3/i1D3. The number of pyridine rings is 1. The van der Waals surface area contributed by atoms with E-state index in [4.69, 9.17) is 4.11 Å². The summed E-state index contributed by atoms with van der Waals surface area (Å²) in [6.07, 6.45) is 1.46. The molecular weight excluding hydrogens is 182 g/mol. The van der Waals surface area contributed by atoms with Crippen LogP contribution in [0.3, 0.4) is 0 Å². The summed E-state index contributed by atoms with van der Waals surface area (Å²) in [5.41, 5.74) is 0. The fourth-order valence-corrected chi connectivity index (χ4v) is 0.782. The quantitative estimate of drug-likeness (QED) is 0.675. The minimum absolute atomic E-state index is 0.0810. The van der Waals surface area contributed by atoms with Crippen LogP contribution in [0.15, 0.2) is 22.8 Å². The number of methoxy groups -OCH3 is 1. The first-order chi connectivity index (χ1) is 5.49. The average Bonchev–Trinajstić information content (AvgIpc) is 1.91. The molecule has 48 valence electrons. The SMILES string of the molecule is [2H]C([2H])([2H])Oc1ncccc1Br. The highest BCUT2D eigenvalue weighted by Crippen LogP contribution is 2.19. The van der Waals surface area contributed by atoms with Gasteiger partial charge < -0.3 is 4.74 Å². The second-order valence-electron chi connectivity index (χ2n) is 1.39. The number of halogens is 1. The molecule has 1 aromatic heterocycles. The molecule has 0 saturated carbocycles. The largest absolute Gasteiger partial charge is 0.480 e. The minimum Gasteiger partial charge on any atom is -0.480 e. The molecule has 0 radical (unpaired) electrons. The minimum atomic E-state index is -2.45. The molecule has 0 aliphatic rings. The maximum absolute atomic E-state index is 6.82. The molecule has 2 nitrogen and oxygen atoms in total. The number of ether oxygens (including phenoxy) is 1. The molecule has 0 spiro atoms. The van der Waals surface area contributed by atoms with Gasteiger partial charge >= 0.3 is 0 Å². The van der Waals surface area contributed by atoms with Crippen molar-refractivity contribution in [3.8, 4) is 5.88 Å². The summed E-state index contributed by atoms with van der Waals surface area (Å²) in [7, 11) is -2.45. The monoisotopic (exact) mass is 190 g/mol. The maximum atomic E-state index is 6.82. The van der Waals surface area contributed by atoms with E-state index in [1.54, 1.807) is 12.1 Å². The molecule has 9 heavy (non-hydrogen) atoms. The molecular formula is C6H6BrNO. The van der Waals surface area contributed by atoms with Gasteiger partial charge in [0.1, 0.15) is 0 Å². The molecule has 3 heteroatoms. The lowest BCUT2D eigenvalue weighted by atomic mass is 10.5. The van der Waals surface area contributed by atoms with Crippen LogP contribution in [-0.4, -0.2) is 12.0 Å². The molecule has 0 fully saturated rings. The van der Waals surface area contributed by atoms with Gasteiger partial charge in [-0.15, -0.1) is 0 Å². The molecule has 0 aliphatic carbocycles. The number of hydrogen-bond acceptors (Lipinski definition) is 2. The first-order valence-electron chi connectivity index (χ1n) is 3.78. The summed E-state index contributed by atoms with van der Waals surface area (Å²) in [6, 6.07) is 3.34. The predicted molar refractivity (Wildman–Crippen MR) is 38.5 cm³/mol. The van der Waals surface area contributed by atoms with Crippen LogP contribution in [0.4, 0.5) is 0 Å². The molecule has 0 aliphatic heterocycles. The Morgan fingerprint density at radius 3 is 3.44 bits per heavy atom. The van der Waals surface area contributed by atoms with E-state index < -0.39 is 7.04 Å². The first-order valence-corrected chi connectivity index (χ1v) is 3.08. The topological polar surface area (TPSA) is 22.1 Å². The number of nitrogens with zero attached hydrogens (tertiary/aromatic N) is 1. The summed E-state index contributed by atoms with van der Waals surface area (Å²) >= 11 is 3.11. The van der Waals surface area contributed by atoms with Crippen LogP contribution < -0.4 is 4.74 Å². The van der Waals surface area contributed by atoms with Gasteiger partial charge in [-0.1, -0.05) is 0 Å². The Morgan fingerprint density at radius 2 is 2.78 bits per heavy atom. The molecule has 1 aromatic rings. The summed E-state index contributed by atoms with van der Waals surface area (Å²) in [5, 5.41) is 0. The Hall–Kier alpha value is -0.570. The molecule has 0 bridgehead atoms. The lowest BCUT2D eigenvalue weighted by Crippen LogP contribution is -1.86. The lowest BCUT2D eigenvalue weighted by molar-refractivity contribution is 0.395. The van der Waals surface area contributed by atoms with E-state index in [9.17, 15) is 0 Å². The van der Waals surface area contributed by atoms with Crippen LogP contribution in [-0.2, 0) is 0 Å². The molecule has 0 N–H and O–H groups in total. The van der Waals surface area contributed by atoms with Gasteiger partial charge in [-0.2, -0.15) is 0 Å². The fourth-order valence-electron chi connectivity index (χ4n) is 0.446. The van der Waals surface area contributed by atoms with Crippen molar-refractivity contribution in [2.75, 3.05) is 7.04 Å². The van der Waals surface area contributed by atoms with Crippen molar-refractivity contribution in [3.05, 3.63) is 22.8 Å². The van der Waals surface area contributed by atoms with E-state index in [2.05, 4.69) is 25.7 Å².